The number of hydrogen-bond donors (Lipinski definition) is 3. The Morgan fingerprint density at radius 1 is 1.19 bits per heavy atom. The van der Waals surface area contributed by atoms with Gasteiger partial charge in [-0.3, -0.25) is 19.5 Å². The smallest absolute Gasteiger partial charge is 0.413 e. The van der Waals surface area contributed by atoms with Gasteiger partial charge in [0.25, 0.3) is 11.5 Å². The summed E-state index contributed by atoms with van der Waals surface area (Å²) in [5.41, 5.74) is -1.86. The third-order valence-corrected chi connectivity index (χ3v) is 6.15. The van der Waals surface area contributed by atoms with Gasteiger partial charge >= 0.3 is 6.09 Å². The average Bonchev–Trinajstić information content (AvgIpc) is 3.00. The molecule has 1 spiro atoms. The molecule has 1 aliphatic heterocycles. The van der Waals surface area contributed by atoms with Crippen molar-refractivity contribution in [3.8, 4) is 0 Å². The number of anilines is 3. The fourth-order valence-electron chi connectivity index (χ4n) is 4.10. The van der Waals surface area contributed by atoms with Gasteiger partial charge in [-0.1, -0.05) is 25.4 Å². The van der Waals surface area contributed by atoms with Crippen LogP contribution in [-0.4, -0.2) is 32.1 Å². The second-order valence-corrected chi connectivity index (χ2v) is 10.0. The molecule has 1 atom stereocenters. The highest BCUT2D eigenvalue weighted by molar-refractivity contribution is 6.34. The fourth-order valence-corrected chi connectivity index (χ4v) is 4.38. The lowest BCUT2D eigenvalue weighted by Gasteiger charge is -2.54. The molecule has 0 radical (unpaired) electrons. The second kappa shape index (κ2) is 7.19. The van der Waals surface area contributed by atoms with E-state index in [1.165, 1.54) is 23.0 Å². The molecule has 1 fully saturated rings. The van der Waals surface area contributed by atoms with Crippen LogP contribution in [0.2, 0.25) is 5.02 Å². The van der Waals surface area contributed by atoms with Gasteiger partial charge in [0, 0.05) is 11.5 Å². The van der Waals surface area contributed by atoms with E-state index in [9.17, 15) is 14.4 Å². The summed E-state index contributed by atoms with van der Waals surface area (Å²) < 4.78 is 6.68. The summed E-state index contributed by atoms with van der Waals surface area (Å²) in [5.74, 6) is 0.0915. The van der Waals surface area contributed by atoms with Crippen LogP contribution in [0.3, 0.4) is 0 Å². The van der Waals surface area contributed by atoms with Crippen molar-refractivity contribution in [2.75, 3.05) is 10.6 Å². The number of halogens is 1. The van der Waals surface area contributed by atoms with E-state index in [1.807, 2.05) is 13.8 Å². The monoisotopic (exact) mass is 460 g/mol. The van der Waals surface area contributed by atoms with E-state index in [1.54, 1.807) is 20.8 Å². The zero-order chi connectivity index (χ0) is 23.5. The highest BCUT2D eigenvalue weighted by Gasteiger charge is 2.60. The van der Waals surface area contributed by atoms with E-state index in [0.717, 1.165) is 6.42 Å². The molecule has 0 aromatic carbocycles. The minimum atomic E-state index is -0.813. The number of pyridine rings is 1. The SMILES string of the molecule is CC(C)(C)OC(=O)Nc1cc(Nc2cc(Cl)c3n(c2=O)C2(CCC2(C)C)NC3=O)ncn1. The Morgan fingerprint density at radius 3 is 2.47 bits per heavy atom. The summed E-state index contributed by atoms with van der Waals surface area (Å²) in [6.45, 7) is 9.26. The van der Waals surface area contributed by atoms with Crippen LogP contribution >= 0.6 is 11.6 Å². The fraction of sp³-hybridized carbons (Fsp3) is 0.476. The van der Waals surface area contributed by atoms with Crippen LogP contribution in [0.1, 0.15) is 57.9 Å². The van der Waals surface area contributed by atoms with E-state index < -0.39 is 22.9 Å². The minimum Gasteiger partial charge on any atom is -0.444 e. The molecule has 170 valence electrons. The first-order chi connectivity index (χ1) is 14.8. The Morgan fingerprint density at radius 2 is 1.88 bits per heavy atom. The molecular formula is C21H25ClN6O4. The van der Waals surface area contributed by atoms with Crippen molar-refractivity contribution < 1.29 is 14.3 Å². The van der Waals surface area contributed by atoms with Crippen molar-refractivity contribution in [2.24, 2.45) is 5.41 Å². The van der Waals surface area contributed by atoms with Crippen molar-refractivity contribution in [1.82, 2.24) is 19.9 Å². The minimum absolute atomic E-state index is 0.152. The van der Waals surface area contributed by atoms with Crippen LogP contribution in [-0.2, 0) is 10.4 Å². The molecule has 0 saturated heterocycles. The molecule has 10 nitrogen and oxygen atoms in total. The lowest BCUT2D eigenvalue weighted by Crippen LogP contribution is -2.63. The first kappa shape index (κ1) is 22.1. The Hall–Kier alpha value is -3.14. The molecule has 2 aromatic rings. The number of rotatable bonds is 3. The number of nitrogens with one attached hydrogen (secondary N) is 3. The maximum absolute atomic E-state index is 13.4. The molecule has 4 rings (SSSR count). The molecule has 1 unspecified atom stereocenters. The summed E-state index contributed by atoms with van der Waals surface area (Å²) in [6, 6.07) is 2.87. The number of carbonyl (C=O) groups is 2. The quantitative estimate of drug-likeness (QED) is 0.638. The normalized spacial score (nSPS) is 20.9. The standard InChI is InChI=1S/C21H25ClN6O4/c1-19(2,3)32-18(31)26-14-9-13(23-10-24-14)25-12-8-11(22)15-16(29)27-21(28(15)17(12)30)7-6-20(21,4)5/h8-10H,6-7H2,1-5H3,(H,27,29)(H2,23,24,25,26,31). The lowest BCUT2D eigenvalue weighted by molar-refractivity contribution is -0.0501. The highest BCUT2D eigenvalue weighted by atomic mass is 35.5. The number of amides is 2. The number of fused-ring (bicyclic) bond motifs is 2. The van der Waals surface area contributed by atoms with Crippen molar-refractivity contribution in [3.63, 3.8) is 0 Å². The van der Waals surface area contributed by atoms with Gasteiger partial charge in [0.1, 0.15) is 40.6 Å². The van der Waals surface area contributed by atoms with E-state index in [4.69, 9.17) is 16.3 Å². The Labute approximate surface area is 189 Å². The van der Waals surface area contributed by atoms with Gasteiger partial charge in [0.15, 0.2) is 0 Å². The summed E-state index contributed by atoms with van der Waals surface area (Å²) in [5, 5.41) is 8.58. The predicted molar refractivity (Wildman–Crippen MR) is 119 cm³/mol. The molecule has 11 heteroatoms. The van der Waals surface area contributed by atoms with Crippen molar-refractivity contribution in [2.45, 2.75) is 58.7 Å². The van der Waals surface area contributed by atoms with Gasteiger partial charge in [-0.25, -0.2) is 14.8 Å². The van der Waals surface area contributed by atoms with E-state index in [2.05, 4.69) is 25.9 Å². The third-order valence-electron chi connectivity index (χ3n) is 5.86. The first-order valence-electron chi connectivity index (χ1n) is 10.2. The van der Waals surface area contributed by atoms with E-state index in [0.29, 0.717) is 6.42 Å². The Bertz CT molecular complexity index is 1190. The van der Waals surface area contributed by atoms with Gasteiger partial charge in [-0.05, 0) is 39.7 Å². The zero-order valence-electron chi connectivity index (χ0n) is 18.5. The zero-order valence-corrected chi connectivity index (χ0v) is 19.3. The van der Waals surface area contributed by atoms with Crippen molar-refractivity contribution in [1.29, 1.82) is 0 Å². The Kier molecular flexibility index (Phi) is 4.96. The Balaban J connectivity index is 1.66. The number of nitrogens with zero attached hydrogens (tertiary/aromatic N) is 3. The number of ether oxygens (including phenoxy) is 1. The summed E-state index contributed by atoms with van der Waals surface area (Å²) >= 11 is 6.40. The van der Waals surface area contributed by atoms with Gasteiger partial charge in [0.05, 0.1) is 5.02 Å². The molecule has 32 heavy (non-hydrogen) atoms. The molecule has 1 saturated carbocycles. The summed E-state index contributed by atoms with van der Waals surface area (Å²) in [4.78, 5) is 46.1. The molecular weight excluding hydrogens is 436 g/mol. The largest absolute Gasteiger partial charge is 0.444 e. The molecule has 2 aromatic heterocycles. The van der Waals surface area contributed by atoms with Crippen LogP contribution in [0.5, 0.6) is 0 Å². The van der Waals surface area contributed by atoms with Crippen molar-refractivity contribution >= 4 is 40.9 Å². The van der Waals surface area contributed by atoms with Crippen LogP contribution in [0.15, 0.2) is 23.3 Å². The molecule has 3 heterocycles. The topological polar surface area (TPSA) is 127 Å². The van der Waals surface area contributed by atoms with Gasteiger partial charge in [0.2, 0.25) is 0 Å². The maximum atomic E-state index is 13.4. The number of hydrogen-bond acceptors (Lipinski definition) is 7. The van der Waals surface area contributed by atoms with Crippen LogP contribution in [0.4, 0.5) is 22.1 Å². The third kappa shape index (κ3) is 3.58. The summed E-state index contributed by atoms with van der Waals surface area (Å²) in [6.07, 6.45) is 2.07. The number of aromatic nitrogens is 3. The summed E-state index contributed by atoms with van der Waals surface area (Å²) in [7, 11) is 0. The van der Waals surface area contributed by atoms with E-state index >= 15 is 0 Å². The second-order valence-electron chi connectivity index (χ2n) is 9.63. The van der Waals surface area contributed by atoms with Crippen molar-refractivity contribution in [3.05, 3.63) is 39.5 Å². The molecule has 0 bridgehead atoms. The average molecular weight is 461 g/mol. The number of carbonyl (C=O) groups excluding carboxylic acids is 2. The first-order valence-corrected chi connectivity index (χ1v) is 10.6. The van der Waals surface area contributed by atoms with Crippen LogP contribution in [0.25, 0.3) is 0 Å². The van der Waals surface area contributed by atoms with Gasteiger partial charge in [-0.15, -0.1) is 0 Å². The van der Waals surface area contributed by atoms with Crippen LogP contribution in [0, 0.1) is 5.41 Å². The maximum Gasteiger partial charge on any atom is 0.413 e. The molecule has 2 aliphatic rings. The highest BCUT2D eigenvalue weighted by Crippen LogP contribution is 2.55. The van der Waals surface area contributed by atoms with Gasteiger partial charge in [-0.2, -0.15) is 0 Å². The molecule has 1 aliphatic carbocycles. The molecule has 3 N–H and O–H groups in total. The van der Waals surface area contributed by atoms with Gasteiger partial charge < -0.3 is 15.4 Å². The lowest BCUT2D eigenvalue weighted by atomic mass is 9.62. The molecule has 2 amide bonds. The predicted octanol–water partition coefficient (Wildman–Crippen LogP) is 3.60. The van der Waals surface area contributed by atoms with Crippen LogP contribution < -0.4 is 21.5 Å². The van der Waals surface area contributed by atoms with E-state index in [-0.39, 0.29) is 39.4 Å².